The topological polar surface area (TPSA) is 61.9 Å². The van der Waals surface area contributed by atoms with E-state index in [1.807, 2.05) is 19.0 Å². The van der Waals surface area contributed by atoms with Crippen LogP contribution in [0.3, 0.4) is 0 Å². The van der Waals surface area contributed by atoms with Crippen LogP contribution in [0.4, 0.5) is 24.5 Å². The van der Waals surface area contributed by atoms with Crippen LogP contribution in [-0.2, 0) is 21.0 Å². The fraction of sp³-hybridized carbons (Fsp3) is 0.368. The molecule has 0 aliphatic carbocycles. The van der Waals surface area contributed by atoms with E-state index in [1.54, 1.807) is 31.3 Å². The average molecular weight is 429 g/mol. The Balaban J connectivity index is 1.84. The summed E-state index contributed by atoms with van der Waals surface area (Å²) in [4.78, 5) is 7.28. The molecular formula is C19H22F3N3O3S. The van der Waals surface area contributed by atoms with Crippen LogP contribution in [0.1, 0.15) is 17.2 Å². The fourth-order valence-corrected chi connectivity index (χ4v) is 4.74. The fourth-order valence-electron chi connectivity index (χ4n) is 3.22. The number of hydrogen-bond donors (Lipinski definition) is 1. The van der Waals surface area contributed by atoms with Crippen molar-refractivity contribution in [2.45, 2.75) is 17.5 Å². The Morgan fingerprint density at radius 3 is 2.17 bits per heavy atom. The molecule has 1 N–H and O–H groups in total. The van der Waals surface area contributed by atoms with E-state index in [-0.39, 0.29) is 6.61 Å². The Bertz CT molecular complexity index is 945. The van der Waals surface area contributed by atoms with E-state index in [9.17, 15) is 21.6 Å². The van der Waals surface area contributed by atoms with Gasteiger partial charge in [0.15, 0.2) is 0 Å². The van der Waals surface area contributed by atoms with Gasteiger partial charge in [0.25, 0.3) is 0 Å². The standard InChI is InChI=1S/C19H22F3N3O3S/c1-24(2)16-10-8-15(9-11-16)23-29(26,27)17-12-28-25(3)18(17)13-4-6-14(7-5-13)19(20,21)22/h4-11,17-18,23H,12H2,1-3H3/t17-,18-/m1/s1. The summed E-state index contributed by atoms with van der Waals surface area (Å²) in [5.41, 5.74) is 0.952. The lowest BCUT2D eigenvalue weighted by molar-refractivity contribution is -0.137. The number of nitrogens with zero attached hydrogens (tertiary/aromatic N) is 2. The Hall–Kier alpha value is -2.30. The minimum absolute atomic E-state index is 0.104. The highest BCUT2D eigenvalue weighted by Gasteiger charge is 2.43. The predicted octanol–water partition coefficient (Wildman–Crippen LogP) is 3.50. The first kappa shape index (κ1) is 21.4. The molecule has 6 nitrogen and oxygen atoms in total. The predicted molar refractivity (Wildman–Crippen MR) is 105 cm³/mol. The second-order valence-corrected chi connectivity index (χ2v) is 8.93. The van der Waals surface area contributed by atoms with Crippen LogP contribution >= 0.6 is 0 Å². The highest BCUT2D eigenvalue weighted by molar-refractivity contribution is 7.93. The number of sulfonamides is 1. The summed E-state index contributed by atoms with van der Waals surface area (Å²) >= 11 is 0. The molecule has 0 amide bonds. The SMILES string of the molecule is CN(C)c1ccc(NS(=O)(=O)[C@@H]2CON(C)[C@@H]2c2ccc(C(F)(F)F)cc2)cc1. The number of benzene rings is 2. The van der Waals surface area contributed by atoms with Crippen molar-refractivity contribution in [3.8, 4) is 0 Å². The molecule has 10 heteroatoms. The summed E-state index contributed by atoms with van der Waals surface area (Å²) in [6.45, 7) is -0.104. The van der Waals surface area contributed by atoms with Crippen LogP contribution < -0.4 is 9.62 Å². The molecule has 1 aliphatic heterocycles. The maximum atomic E-state index is 13.0. The molecule has 0 saturated carbocycles. The molecule has 0 spiro atoms. The molecule has 1 aliphatic rings. The smallest absolute Gasteiger partial charge is 0.378 e. The number of alkyl halides is 3. The van der Waals surface area contributed by atoms with Crippen molar-refractivity contribution in [3.63, 3.8) is 0 Å². The Kier molecular flexibility index (Phi) is 5.79. The van der Waals surface area contributed by atoms with Crippen molar-refractivity contribution < 1.29 is 26.4 Å². The highest BCUT2D eigenvalue weighted by Crippen LogP contribution is 2.36. The number of rotatable bonds is 5. The van der Waals surface area contributed by atoms with Gasteiger partial charge in [0.05, 0.1) is 18.2 Å². The van der Waals surface area contributed by atoms with Crippen LogP contribution in [0.25, 0.3) is 0 Å². The van der Waals surface area contributed by atoms with Gasteiger partial charge in [-0.3, -0.25) is 9.56 Å². The van der Waals surface area contributed by atoms with Gasteiger partial charge in [0, 0.05) is 32.5 Å². The zero-order chi connectivity index (χ0) is 21.4. The molecule has 0 bridgehead atoms. The largest absolute Gasteiger partial charge is 0.416 e. The van der Waals surface area contributed by atoms with E-state index in [1.165, 1.54) is 17.2 Å². The Morgan fingerprint density at radius 1 is 1.07 bits per heavy atom. The van der Waals surface area contributed by atoms with E-state index < -0.39 is 33.1 Å². The third kappa shape index (κ3) is 4.65. The summed E-state index contributed by atoms with van der Waals surface area (Å²) in [5, 5.41) is 0.375. The molecule has 1 saturated heterocycles. The van der Waals surface area contributed by atoms with Gasteiger partial charge in [-0.1, -0.05) is 12.1 Å². The van der Waals surface area contributed by atoms with Gasteiger partial charge in [-0.15, -0.1) is 0 Å². The molecule has 1 fully saturated rings. The zero-order valence-electron chi connectivity index (χ0n) is 16.1. The van der Waals surface area contributed by atoms with E-state index in [2.05, 4.69) is 4.72 Å². The van der Waals surface area contributed by atoms with Crippen LogP contribution in [0.2, 0.25) is 0 Å². The molecule has 0 unspecified atom stereocenters. The van der Waals surface area contributed by atoms with Crippen molar-refractivity contribution in [3.05, 3.63) is 59.7 Å². The van der Waals surface area contributed by atoms with Gasteiger partial charge in [0.1, 0.15) is 5.25 Å². The first-order valence-electron chi connectivity index (χ1n) is 8.81. The number of halogens is 3. The number of anilines is 2. The summed E-state index contributed by atoms with van der Waals surface area (Å²) in [6, 6.07) is 10.6. The first-order valence-corrected chi connectivity index (χ1v) is 10.4. The number of hydroxylamine groups is 2. The lowest BCUT2D eigenvalue weighted by atomic mass is 10.0. The summed E-state index contributed by atoms with van der Waals surface area (Å²) in [6.07, 6.45) is -4.46. The van der Waals surface area contributed by atoms with E-state index in [4.69, 9.17) is 4.84 Å². The second-order valence-electron chi connectivity index (χ2n) is 7.03. The molecule has 2 atom stereocenters. The van der Waals surface area contributed by atoms with Crippen LogP contribution in [0, 0.1) is 0 Å². The minimum atomic E-state index is -4.46. The van der Waals surface area contributed by atoms with Gasteiger partial charge in [0.2, 0.25) is 10.0 Å². The maximum Gasteiger partial charge on any atom is 0.416 e. The molecule has 0 radical (unpaired) electrons. The maximum absolute atomic E-state index is 13.0. The van der Waals surface area contributed by atoms with Gasteiger partial charge >= 0.3 is 6.18 Å². The zero-order valence-corrected chi connectivity index (χ0v) is 17.0. The van der Waals surface area contributed by atoms with E-state index in [0.29, 0.717) is 11.3 Å². The third-order valence-corrected chi connectivity index (χ3v) is 6.52. The van der Waals surface area contributed by atoms with Crippen molar-refractivity contribution in [2.24, 2.45) is 0 Å². The molecule has 2 aromatic carbocycles. The normalized spacial score (nSPS) is 20.6. The second kappa shape index (κ2) is 7.85. The number of nitrogens with one attached hydrogen (secondary N) is 1. The van der Waals surface area contributed by atoms with Crippen LogP contribution in [0.15, 0.2) is 48.5 Å². The Labute approximate surface area is 167 Å². The van der Waals surface area contributed by atoms with Crippen molar-refractivity contribution in [1.82, 2.24) is 5.06 Å². The van der Waals surface area contributed by atoms with Gasteiger partial charge in [-0.2, -0.15) is 18.2 Å². The molecule has 0 aromatic heterocycles. The average Bonchev–Trinajstić information content (AvgIpc) is 3.04. The first-order chi connectivity index (χ1) is 13.5. The lowest BCUT2D eigenvalue weighted by Gasteiger charge is -2.24. The van der Waals surface area contributed by atoms with Gasteiger partial charge in [-0.25, -0.2) is 8.42 Å². The molecule has 2 aromatic rings. The molecule has 1 heterocycles. The van der Waals surface area contributed by atoms with E-state index >= 15 is 0 Å². The highest BCUT2D eigenvalue weighted by atomic mass is 32.2. The van der Waals surface area contributed by atoms with Crippen molar-refractivity contribution >= 4 is 21.4 Å². The van der Waals surface area contributed by atoms with Crippen LogP contribution in [-0.4, -0.2) is 46.5 Å². The van der Waals surface area contributed by atoms with Gasteiger partial charge in [-0.05, 0) is 42.0 Å². The third-order valence-electron chi connectivity index (χ3n) is 4.81. The quantitative estimate of drug-likeness (QED) is 0.788. The molecule has 158 valence electrons. The Morgan fingerprint density at radius 2 is 1.66 bits per heavy atom. The van der Waals surface area contributed by atoms with Crippen molar-refractivity contribution in [1.29, 1.82) is 0 Å². The summed E-state index contributed by atoms with van der Waals surface area (Å²) in [7, 11) is 1.44. The summed E-state index contributed by atoms with van der Waals surface area (Å²) in [5.74, 6) is 0. The minimum Gasteiger partial charge on any atom is -0.378 e. The van der Waals surface area contributed by atoms with Crippen molar-refractivity contribution in [2.75, 3.05) is 37.4 Å². The summed E-state index contributed by atoms with van der Waals surface area (Å²) < 4.78 is 66.9. The lowest BCUT2D eigenvalue weighted by Crippen LogP contribution is -2.35. The van der Waals surface area contributed by atoms with Gasteiger partial charge < -0.3 is 4.90 Å². The molecule has 29 heavy (non-hydrogen) atoms. The monoisotopic (exact) mass is 429 g/mol. The van der Waals surface area contributed by atoms with E-state index in [0.717, 1.165) is 17.8 Å². The van der Waals surface area contributed by atoms with Crippen LogP contribution in [0.5, 0.6) is 0 Å². The molecule has 3 rings (SSSR count). The molecular weight excluding hydrogens is 407 g/mol. The number of hydrogen-bond acceptors (Lipinski definition) is 5.